The number of allylic oxidation sites excluding steroid dienone is 1. The van der Waals surface area contributed by atoms with Crippen LogP contribution in [-0.2, 0) is 0 Å². The lowest BCUT2D eigenvalue weighted by molar-refractivity contribution is 1.50. The molecule has 0 spiro atoms. The molecular formula is C5H6BrN. The lowest BCUT2D eigenvalue weighted by atomic mass is 10.3. The first kappa shape index (κ1) is 5.04. The number of hydrogen-bond donors (Lipinski definition) is 0. The third kappa shape index (κ3) is 1.13. The van der Waals surface area contributed by atoms with Crippen molar-refractivity contribution >= 4 is 21.6 Å². The minimum absolute atomic E-state index is 0.977. The van der Waals surface area contributed by atoms with Gasteiger partial charge in [-0.1, -0.05) is 0 Å². The maximum absolute atomic E-state index is 4.08. The van der Waals surface area contributed by atoms with Gasteiger partial charge >= 0.3 is 0 Å². The van der Waals surface area contributed by atoms with Crippen molar-refractivity contribution < 1.29 is 0 Å². The van der Waals surface area contributed by atoms with Crippen molar-refractivity contribution in [2.75, 3.05) is 0 Å². The van der Waals surface area contributed by atoms with Gasteiger partial charge in [-0.25, -0.2) is 0 Å². The summed E-state index contributed by atoms with van der Waals surface area (Å²) in [5.41, 5.74) is 1.19. The summed E-state index contributed by atoms with van der Waals surface area (Å²) < 4.78 is 0.977. The molecular weight excluding hydrogens is 154 g/mol. The molecule has 1 heterocycles. The summed E-state index contributed by atoms with van der Waals surface area (Å²) in [6.45, 7) is 2.02. The van der Waals surface area contributed by atoms with Gasteiger partial charge in [0.2, 0.25) is 0 Å². The molecule has 2 heteroatoms. The first-order chi connectivity index (χ1) is 3.29. The smallest absolute Gasteiger partial charge is 0.102 e. The van der Waals surface area contributed by atoms with Crippen LogP contribution in [0.3, 0.4) is 0 Å². The monoisotopic (exact) mass is 159 g/mol. The Hall–Kier alpha value is -0.110. The molecule has 0 saturated heterocycles. The first-order valence-electron chi connectivity index (χ1n) is 2.19. The topological polar surface area (TPSA) is 12.4 Å². The van der Waals surface area contributed by atoms with Crippen LogP contribution in [0.5, 0.6) is 0 Å². The fourth-order valence-corrected chi connectivity index (χ4v) is 0.970. The quantitative estimate of drug-likeness (QED) is 0.481. The molecule has 1 aliphatic rings. The van der Waals surface area contributed by atoms with E-state index in [1.165, 1.54) is 5.71 Å². The van der Waals surface area contributed by atoms with Crippen LogP contribution in [0.25, 0.3) is 0 Å². The molecule has 0 aromatic rings. The maximum atomic E-state index is 4.08. The van der Waals surface area contributed by atoms with Crippen molar-refractivity contribution in [3.05, 3.63) is 10.7 Å². The molecule has 0 aromatic carbocycles. The highest BCUT2D eigenvalue weighted by molar-refractivity contribution is 9.11. The van der Waals surface area contributed by atoms with Crippen molar-refractivity contribution in [1.29, 1.82) is 0 Å². The third-order valence-electron chi connectivity index (χ3n) is 0.864. The van der Waals surface area contributed by atoms with Crippen LogP contribution in [0.1, 0.15) is 13.3 Å². The molecule has 0 N–H and O–H groups in total. The van der Waals surface area contributed by atoms with E-state index in [1.54, 1.807) is 0 Å². The molecule has 0 bridgehead atoms. The van der Waals surface area contributed by atoms with E-state index in [-0.39, 0.29) is 0 Å². The first-order valence-corrected chi connectivity index (χ1v) is 2.98. The second-order valence-electron chi connectivity index (χ2n) is 1.58. The lowest BCUT2D eigenvalue weighted by Crippen LogP contribution is -1.78. The molecule has 0 fully saturated rings. The molecule has 0 amide bonds. The van der Waals surface area contributed by atoms with Gasteiger partial charge < -0.3 is 0 Å². The number of aliphatic imine (C=N–C) groups is 1. The summed E-state index contributed by atoms with van der Waals surface area (Å²) in [6, 6.07) is 0. The van der Waals surface area contributed by atoms with Crippen LogP contribution in [-0.4, -0.2) is 5.71 Å². The highest BCUT2D eigenvalue weighted by Crippen LogP contribution is 2.14. The minimum atomic E-state index is 0.977. The summed E-state index contributed by atoms with van der Waals surface area (Å²) in [5, 5.41) is 0. The van der Waals surface area contributed by atoms with Crippen LogP contribution in [0.4, 0.5) is 0 Å². The van der Waals surface area contributed by atoms with Crippen LogP contribution in [0.2, 0.25) is 0 Å². The molecule has 0 aromatic heterocycles. The predicted octanol–water partition coefficient (Wildman–Crippen LogP) is 2.09. The Labute approximate surface area is 51.3 Å². The molecule has 1 rings (SSSR count). The lowest BCUT2D eigenvalue weighted by Gasteiger charge is -1.78. The molecule has 0 unspecified atom stereocenters. The highest BCUT2D eigenvalue weighted by atomic mass is 79.9. The Morgan fingerprint density at radius 2 is 2.57 bits per heavy atom. The fourth-order valence-electron chi connectivity index (χ4n) is 0.506. The normalized spacial score (nSPS) is 19.1. The Balaban J connectivity index is 2.69. The molecule has 0 radical (unpaired) electrons. The van der Waals surface area contributed by atoms with Gasteiger partial charge in [0.1, 0.15) is 4.61 Å². The maximum Gasteiger partial charge on any atom is 0.102 e. The number of rotatable bonds is 0. The fraction of sp³-hybridized carbons (Fsp3) is 0.400. The second-order valence-corrected chi connectivity index (χ2v) is 2.39. The summed E-state index contributed by atoms with van der Waals surface area (Å²) in [5.74, 6) is 0. The van der Waals surface area contributed by atoms with Crippen LogP contribution >= 0.6 is 15.9 Å². The van der Waals surface area contributed by atoms with E-state index in [9.17, 15) is 0 Å². The van der Waals surface area contributed by atoms with E-state index in [0.717, 1.165) is 11.0 Å². The zero-order chi connectivity index (χ0) is 5.28. The van der Waals surface area contributed by atoms with Crippen molar-refractivity contribution in [3.63, 3.8) is 0 Å². The predicted molar refractivity (Wildman–Crippen MR) is 34.7 cm³/mol. The molecule has 38 valence electrons. The Morgan fingerprint density at radius 3 is 2.71 bits per heavy atom. The van der Waals surface area contributed by atoms with Gasteiger partial charge in [-0.3, -0.25) is 4.99 Å². The van der Waals surface area contributed by atoms with Crippen LogP contribution in [0, 0.1) is 0 Å². The van der Waals surface area contributed by atoms with Gasteiger partial charge in [0.15, 0.2) is 0 Å². The second kappa shape index (κ2) is 1.78. The average Bonchev–Trinajstić information content (AvgIpc) is 1.87. The Bertz CT molecular complexity index is 135. The van der Waals surface area contributed by atoms with Crippen LogP contribution < -0.4 is 0 Å². The van der Waals surface area contributed by atoms with Crippen molar-refractivity contribution in [1.82, 2.24) is 0 Å². The highest BCUT2D eigenvalue weighted by Gasteiger charge is 1.97. The van der Waals surface area contributed by atoms with Gasteiger partial charge in [0, 0.05) is 12.1 Å². The van der Waals surface area contributed by atoms with Gasteiger partial charge in [-0.15, -0.1) is 0 Å². The van der Waals surface area contributed by atoms with Gasteiger partial charge in [0.05, 0.1) is 0 Å². The standard InChI is InChI=1S/C5H6BrN/c1-4-2-3-5(6)7-4/h3H,2H2,1H3. The molecule has 0 saturated carbocycles. The Kier molecular flexibility index (Phi) is 1.28. The van der Waals surface area contributed by atoms with Crippen molar-refractivity contribution in [2.45, 2.75) is 13.3 Å². The zero-order valence-corrected chi connectivity index (χ0v) is 5.70. The third-order valence-corrected chi connectivity index (χ3v) is 1.36. The zero-order valence-electron chi connectivity index (χ0n) is 4.11. The SMILES string of the molecule is CC1=NC(Br)=CC1. The molecule has 1 nitrogen and oxygen atoms in total. The molecule has 0 atom stereocenters. The van der Waals surface area contributed by atoms with Gasteiger partial charge in [-0.2, -0.15) is 0 Å². The summed E-state index contributed by atoms with van der Waals surface area (Å²) in [4.78, 5) is 4.08. The van der Waals surface area contributed by atoms with Crippen LogP contribution in [0.15, 0.2) is 15.7 Å². The van der Waals surface area contributed by atoms with E-state index < -0.39 is 0 Å². The number of hydrogen-bond acceptors (Lipinski definition) is 1. The van der Waals surface area contributed by atoms with E-state index >= 15 is 0 Å². The number of nitrogens with zero attached hydrogens (tertiary/aromatic N) is 1. The van der Waals surface area contributed by atoms with E-state index in [1.807, 2.05) is 6.92 Å². The molecule has 7 heavy (non-hydrogen) atoms. The molecule has 0 aliphatic carbocycles. The average molecular weight is 160 g/mol. The van der Waals surface area contributed by atoms with Crippen molar-refractivity contribution in [3.8, 4) is 0 Å². The minimum Gasteiger partial charge on any atom is -0.251 e. The van der Waals surface area contributed by atoms with E-state index in [0.29, 0.717) is 0 Å². The summed E-state index contributed by atoms with van der Waals surface area (Å²) >= 11 is 3.25. The Morgan fingerprint density at radius 1 is 1.86 bits per heavy atom. The number of halogens is 1. The summed E-state index contributed by atoms with van der Waals surface area (Å²) in [7, 11) is 0. The van der Waals surface area contributed by atoms with Gasteiger partial charge in [-0.05, 0) is 28.9 Å². The van der Waals surface area contributed by atoms with Gasteiger partial charge in [0.25, 0.3) is 0 Å². The largest absolute Gasteiger partial charge is 0.251 e. The summed E-state index contributed by atoms with van der Waals surface area (Å²) in [6.07, 6.45) is 3.07. The van der Waals surface area contributed by atoms with Crippen molar-refractivity contribution in [2.24, 2.45) is 4.99 Å². The molecule has 1 aliphatic heterocycles. The van der Waals surface area contributed by atoms with E-state index in [4.69, 9.17) is 0 Å². The van der Waals surface area contributed by atoms with E-state index in [2.05, 4.69) is 27.0 Å².